The van der Waals surface area contributed by atoms with Gasteiger partial charge in [0.25, 0.3) is 0 Å². The molecule has 2 N–H and O–H groups in total. The summed E-state index contributed by atoms with van der Waals surface area (Å²) in [5.41, 5.74) is 7.79. The van der Waals surface area contributed by atoms with Crippen molar-refractivity contribution in [1.29, 1.82) is 0 Å². The van der Waals surface area contributed by atoms with Crippen molar-refractivity contribution in [1.82, 2.24) is 0 Å². The summed E-state index contributed by atoms with van der Waals surface area (Å²) in [4.78, 5) is 2.34. The van der Waals surface area contributed by atoms with Crippen LogP contribution in [0, 0.1) is 5.92 Å². The summed E-state index contributed by atoms with van der Waals surface area (Å²) < 4.78 is 0. The second-order valence-electron chi connectivity index (χ2n) is 5.13. The van der Waals surface area contributed by atoms with E-state index in [1.54, 1.807) is 0 Å². The minimum Gasteiger partial charge on any atom is -0.368 e. The number of halogens is 1. The third-order valence-electron chi connectivity index (χ3n) is 2.74. The van der Waals surface area contributed by atoms with Crippen LogP contribution >= 0.6 is 11.6 Å². The monoisotopic (exact) mass is 254 g/mol. The van der Waals surface area contributed by atoms with E-state index in [-0.39, 0.29) is 0 Å². The van der Waals surface area contributed by atoms with Crippen LogP contribution in [0.2, 0.25) is 5.02 Å². The molecule has 2 nitrogen and oxygen atoms in total. The van der Waals surface area contributed by atoms with Crippen LogP contribution in [0.4, 0.5) is 5.69 Å². The van der Waals surface area contributed by atoms with Crippen LogP contribution < -0.4 is 10.6 Å². The van der Waals surface area contributed by atoms with Crippen molar-refractivity contribution in [2.24, 2.45) is 11.7 Å². The normalized spacial score (nSPS) is 11.3. The molecule has 0 aromatic heterocycles. The molecular formula is C14H23ClN2. The first kappa shape index (κ1) is 14.3. The van der Waals surface area contributed by atoms with Crippen LogP contribution in [0.5, 0.6) is 0 Å². The van der Waals surface area contributed by atoms with E-state index in [1.807, 2.05) is 6.07 Å². The highest BCUT2D eigenvalue weighted by Gasteiger charge is 2.15. The lowest BCUT2D eigenvalue weighted by Crippen LogP contribution is -2.34. The van der Waals surface area contributed by atoms with Gasteiger partial charge in [-0.25, -0.2) is 0 Å². The fourth-order valence-electron chi connectivity index (χ4n) is 1.89. The van der Waals surface area contributed by atoms with Crippen molar-refractivity contribution < 1.29 is 0 Å². The summed E-state index contributed by atoms with van der Waals surface area (Å²) in [7, 11) is 0. The van der Waals surface area contributed by atoms with Gasteiger partial charge in [0.1, 0.15) is 0 Å². The maximum absolute atomic E-state index is 6.33. The first-order chi connectivity index (χ1) is 7.95. The molecule has 0 radical (unpaired) electrons. The fourth-order valence-corrected chi connectivity index (χ4v) is 2.20. The topological polar surface area (TPSA) is 29.3 Å². The Morgan fingerprint density at radius 2 is 1.88 bits per heavy atom. The van der Waals surface area contributed by atoms with Crippen LogP contribution in [0.15, 0.2) is 18.2 Å². The minimum atomic E-state index is 0.443. The van der Waals surface area contributed by atoms with E-state index in [0.717, 1.165) is 22.8 Å². The quantitative estimate of drug-likeness (QED) is 0.869. The summed E-state index contributed by atoms with van der Waals surface area (Å²) in [5, 5.41) is 0.794. The van der Waals surface area contributed by atoms with Gasteiger partial charge >= 0.3 is 0 Å². The molecule has 0 saturated carbocycles. The lowest BCUT2D eigenvalue weighted by molar-refractivity contribution is 0.571. The molecule has 0 fully saturated rings. The second-order valence-corrected chi connectivity index (χ2v) is 5.54. The van der Waals surface area contributed by atoms with Crippen LogP contribution in [-0.2, 0) is 6.54 Å². The number of hydrogen-bond acceptors (Lipinski definition) is 2. The Morgan fingerprint density at radius 3 is 2.29 bits per heavy atom. The van der Waals surface area contributed by atoms with E-state index in [1.165, 1.54) is 0 Å². The van der Waals surface area contributed by atoms with Crippen LogP contribution in [-0.4, -0.2) is 12.6 Å². The minimum absolute atomic E-state index is 0.443. The zero-order chi connectivity index (χ0) is 13.0. The number of benzene rings is 1. The molecule has 0 unspecified atom stereocenters. The van der Waals surface area contributed by atoms with E-state index >= 15 is 0 Å². The Morgan fingerprint density at radius 1 is 1.24 bits per heavy atom. The number of nitrogens with zero attached hydrogens (tertiary/aromatic N) is 1. The van der Waals surface area contributed by atoms with Gasteiger partial charge in [-0.15, -0.1) is 0 Å². The Hall–Kier alpha value is -0.730. The maximum atomic E-state index is 6.33. The van der Waals surface area contributed by atoms with Gasteiger partial charge in [-0.1, -0.05) is 31.5 Å². The van der Waals surface area contributed by atoms with Gasteiger partial charge in [0.15, 0.2) is 0 Å². The van der Waals surface area contributed by atoms with Gasteiger partial charge in [0.05, 0.1) is 10.7 Å². The second kappa shape index (κ2) is 6.27. The van der Waals surface area contributed by atoms with E-state index < -0.39 is 0 Å². The molecule has 0 amide bonds. The SMILES string of the molecule is CC(C)CN(c1ccc(CN)cc1Cl)C(C)C. The largest absolute Gasteiger partial charge is 0.368 e. The molecule has 0 spiro atoms. The molecule has 1 aromatic rings. The molecule has 0 aliphatic rings. The first-order valence-electron chi connectivity index (χ1n) is 6.20. The smallest absolute Gasteiger partial charge is 0.0642 e. The lowest BCUT2D eigenvalue weighted by Gasteiger charge is -2.31. The average molecular weight is 255 g/mol. The summed E-state index contributed by atoms with van der Waals surface area (Å²) in [5.74, 6) is 0.614. The summed E-state index contributed by atoms with van der Waals surface area (Å²) in [6.07, 6.45) is 0. The van der Waals surface area contributed by atoms with Crippen molar-refractivity contribution in [2.45, 2.75) is 40.3 Å². The summed E-state index contributed by atoms with van der Waals surface area (Å²) in [6, 6.07) is 6.54. The standard InChI is InChI=1S/C14H23ClN2/c1-10(2)9-17(11(3)4)14-6-5-12(8-16)7-13(14)15/h5-7,10-11H,8-9,16H2,1-4H3. The molecule has 17 heavy (non-hydrogen) atoms. The van der Waals surface area contributed by atoms with E-state index in [4.69, 9.17) is 17.3 Å². The summed E-state index contributed by atoms with van der Waals surface area (Å²) >= 11 is 6.33. The predicted octanol–water partition coefficient (Wildman–Crippen LogP) is 3.67. The predicted molar refractivity (Wildman–Crippen MR) is 76.7 cm³/mol. The molecule has 0 aliphatic heterocycles. The molecule has 1 rings (SSSR count). The third-order valence-corrected chi connectivity index (χ3v) is 3.05. The highest BCUT2D eigenvalue weighted by Crippen LogP contribution is 2.29. The fraction of sp³-hybridized carbons (Fsp3) is 0.571. The Labute approximate surface area is 110 Å². The molecule has 3 heteroatoms. The van der Waals surface area contributed by atoms with E-state index in [2.05, 4.69) is 44.7 Å². The van der Waals surface area contributed by atoms with Gasteiger partial charge in [-0.05, 0) is 37.5 Å². The summed E-state index contributed by atoms with van der Waals surface area (Å²) in [6.45, 7) is 10.4. The maximum Gasteiger partial charge on any atom is 0.0642 e. The molecule has 0 heterocycles. The third kappa shape index (κ3) is 3.90. The number of anilines is 1. The number of rotatable bonds is 5. The molecule has 0 saturated heterocycles. The zero-order valence-electron chi connectivity index (χ0n) is 11.2. The highest BCUT2D eigenvalue weighted by molar-refractivity contribution is 6.33. The first-order valence-corrected chi connectivity index (χ1v) is 6.58. The van der Waals surface area contributed by atoms with Gasteiger partial charge in [-0.3, -0.25) is 0 Å². The Kier molecular flexibility index (Phi) is 5.29. The van der Waals surface area contributed by atoms with Crippen molar-refractivity contribution in [3.63, 3.8) is 0 Å². The zero-order valence-corrected chi connectivity index (χ0v) is 12.0. The van der Waals surface area contributed by atoms with Crippen molar-refractivity contribution >= 4 is 17.3 Å². The van der Waals surface area contributed by atoms with Gasteiger partial charge in [0, 0.05) is 19.1 Å². The van der Waals surface area contributed by atoms with Gasteiger partial charge in [-0.2, -0.15) is 0 Å². The molecule has 0 bridgehead atoms. The average Bonchev–Trinajstić information content (AvgIpc) is 2.25. The van der Waals surface area contributed by atoms with Crippen molar-refractivity contribution in [3.8, 4) is 0 Å². The van der Waals surface area contributed by atoms with Crippen LogP contribution in [0.3, 0.4) is 0 Å². The van der Waals surface area contributed by atoms with Gasteiger partial charge < -0.3 is 10.6 Å². The molecule has 0 aliphatic carbocycles. The van der Waals surface area contributed by atoms with E-state index in [0.29, 0.717) is 18.5 Å². The number of nitrogens with two attached hydrogens (primary N) is 1. The van der Waals surface area contributed by atoms with E-state index in [9.17, 15) is 0 Å². The van der Waals surface area contributed by atoms with Gasteiger partial charge in [0.2, 0.25) is 0 Å². The lowest BCUT2D eigenvalue weighted by atomic mass is 10.1. The Balaban J connectivity index is 3.01. The van der Waals surface area contributed by atoms with Crippen LogP contribution in [0.1, 0.15) is 33.3 Å². The number of hydrogen-bond donors (Lipinski definition) is 1. The molecule has 96 valence electrons. The highest BCUT2D eigenvalue weighted by atomic mass is 35.5. The Bertz CT molecular complexity index is 361. The molecule has 0 atom stereocenters. The molecule has 1 aromatic carbocycles. The van der Waals surface area contributed by atoms with Crippen molar-refractivity contribution in [3.05, 3.63) is 28.8 Å². The molecular weight excluding hydrogens is 232 g/mol. The van der Waals surface area contributed by atoms with Crippen molar-refractivity contribution in [2.75, 3.05) is 11.4 Å². The van der Waals surface area contributed by atoms with Crippen LogP contribution in [0.25, 0.3) is 0 Å².